The normalized spacial score (nSPS) is 15.4. The molecule has 3 N–H and O–H groups in total. The first-order valence-corrected chi connectivity index (χ1v) is 9.32. The van der Waals surface area contributed by atoms with Crippen molar-refractivity contribution in [1.82, 2.24) is 10.0 Å². The number of amides is 3. The maximum atomic E-state index is 12.8. The number of nitrogens with zero attached hydrogens (tertiary/aromatic N) is 2. The molecule has 1 unspecified atom stereocenters. The number of urea groups is 1. The molecule has 1 aromatic rings. The van der Waals surface area contributed by atoms with Gasteiger partial charge in [0.05, 0.1) is 23.9 Å². The van der Waals surface area contributed by atoms with Crippen molar-refractivity contribution in [3.05, 3.63) is 29.8 Å². The molecule has 1 fully saturated rings. The van der Waals surface area contributed by atoms with E-state index in [9.17, 15) is 14.4 Å². The number of hydrazine groups is 1. The lowest BCUT2D eigenvalue weighted by molar-refractivity contribution is -0.142. The number of carbonyl (C=O) groups excluding carboxylic acids is 3. The molecule has 8 nitrogen and oxygen atoms in total. The summed E-state index contributed by atoms with van der Waals surface area (Å²) in [5.41, 5.74) is 6.66. The predicted molar refractivity (Wildman–Crippen MR) is 109 cm³/mol. The second-order valence-corrected chi connectivity index (χ2v) is 6.55. The summed E-state index contributed by atoms with van der Waals surface area (Å²) in [5.74, 6) is -0.759. The van der Waals surface area contributed by atoms with Crippen LogP contribution in [0.4, 0.5) is 10.5 Å². The molecule has 1 saturated heterocycles. The first-order chi connectivity index (χ1) is 12.9. The van der Waals surface area contributed by atoms with Crippen LogP contribution in [0.1, 0.15) is 44.0 Å². The number of halogens is 1. The highest BCUT2D eigenvalue weighted by atomic mass is 35.5. The molecule has 1 heterocycles. The van der Waals surface area contributed by atoms with Crippen molar-refractivity contribution in [1.29, 1.82) is 0 Å². The van der Waals surface area contributed by atoms with Crippen LogP contribution < -0.4 is 11.1 Å². The number of nitrogens with two attached hydrogens (primary N) is 1. The third kappa shape index (κ3) is 5.36. The second kappa shape index (κ2) is 10.9. The topological polar surface area (TPSA) is 105 Å². The van der Waals surface area contributed by atoms with Crippen LogP contribution in [0.25, 0.3) is 0 Å². The third-order valence-corrected chi connectivity index (χ3v) is 4.73. The standard InChI is InChI=1S/C19H28N4O4.ClH/c1-4-13(3)16(20)17(24)22-11-8-12-23(22)19(26)21-15-10-7-6-9-14(15)18(25)27-5-2;/h6-7,9-10,13,16H,4-5,8,11-12,20H2,1-3H3,(H,21,26);1H/t13?,16-;/m0./s1. The molecule has 3 amide bonds. The number of anilines is 1. The number of hydrogen-bond acceptors (Lipinski definition) is 5. The Hall–Kier alpha value is -2.32. The van der Waals surface area contributed by atoms with E-state index in [1.54, 1.807) is 31.2 Å². The van der Waals surface area contributed by atoms with Gasteiger partial charge < -0.3 is 15.8 Å². The van der Waals surface area contributed by atoms with Crippen LogP contribution in [0.15, 0.2) is 24.3 Å². The summed E-state index contributed by atoms with van der Waals surface area (Å²) in [4.78, 5) is 37.5. The first kappa shape index (κ1) is 23.7. The number of ether oxygens (including phenoxy) is 1. The SMILES string of the molecule is CCOC(=O)c1ccccc1NC(=O)N1CCCN1C(=O)[C@@H](N)C(C)CC.Cl. The lowest BCUT2D eigenvalue weighted by atomic mass is 9.99. The monoisotopic (exact) mass is 412 g/mol. The molecule has 0 aliphatic carbocycles. The van der Waals surface area contributed by atoms with Crippen molar-refractivity contribution in [2.24, 2.45) is 11.7 Å². The number of hydrogen-bond donors (Lipinski definition) is 2. The van der Waals surface area contributed by atoms with E-state index >= 15 is 0 Å². The van der Waals surface area contributed by atoms with E-state index in [4.69, 9.17) is 10.5 Å². The molecule has 1 aromatic carbocycles. The second-order valence-electron chi connectivity index (χ2n) is 6.55. The Morgan fingerprint density at radius 3 is 2.46 bits per heavy atom. The van der Waals surface area contributed by atoms with E-state index in [-0.39, 0.29) is 36.4 Å². The zero-order valence-electron chi connectivity index (χ0n) is 16.5. The van der Waals surface area contributed by atoms with Crippen molar-refractivity contribution in [3.8, 4) is 0 Å². The van der Waals surface area contributed by atoms with Gasteiger partial charge in [-0.3, -0.25) is 4.79 Å². The minimum atomic E-state index is -0.657. The van der Waals surface area contributed by atoms with Gasteiger partial charge in [0.2, 0.25) is 0 Å². The van der Waals surface area contributed by atoms with Crippen LogP contribution in [-0.4, -0.2) is 53.7 Å². The largest absolute Gasteiger partial charge is 0.462 e. The predicted octanol–water partition coefficient (Wildman–Crippen LogP) is 2.64. The fourth-order valence-corrected chi connectivity index (χ4v) is 2.88. The van der Waals surface area contributed by atoms with E-state index in [1.807, 2.05) is 13.8 Å². The number of para-hydroxylation sites is 1. The smallest absolute Gasteiger partial charge is 0.340 e. The van der Waals surface area contributed by atoms with Crippen LogP contribution in [0.2, 0.25) is 0 Å². The highest BCUT2D eigenvalue weighted by Gasteiger charge is 2.35. The molecule has 156 valence electrons. The number of benzene rings is 1. The first-order valence-electron chi connectivity index (χ1n) is 9.32. The molecule has 0 aromatic heterocycles. The highest BCUT2D eigenvalue weighted by Crippen LogP contribution is 2.20. The van der Waals surface area contributed by atoms with Gasteiger partial charge in [0.1, 0.15) is 0 Å². The molecular formula is C19H29ClN4O4. The van der Waals surface area contributed by atoms with Gasteiger partial charge in [-0.05, 0) is 31.4 Å². The molecule has 9 heteroatoms. The van der Waals surface area contributed by atoms with Crippen LogP contribution in [0.5, 0.6) is 0 Å². The van der Waals surface area contributed by atoms with Crippen molar-refractivity contribution >= 4 is 36.0 Å². The van der Waals surface area contributed by atoms with Gasteiger partial charge in [-0.2, -0.15) is 0 Å². The summed E-state index contributed by atoms with van der Waals surface area (Å²) in [6.07, 6.45) is 1.45. The van der Waals surface area contributed by atoms with Crippen LogP contribution in [0.3, 0.4) is 0 Å². The van der Waals surface area contributed by atoms with E-state index in [0.29, 0.717) is 25.2 Å². The average Bonchev–Trinajstić information content (AvgIpc) is 3.16. The van der Waals surface area contributed by atoms with Gasteiger partial charge >= 0.3 is 12.0 Å². The Morgan fingerprint density at radius 2 is 1.82 bits per heavy atom. The zero-order valence-corrected chi connectivity index (χ0v) is 17.3. The van der Waals surface area contributed by atoms with E-state index in [2.05, 4.69) is 5.32 Å². The van der Waals surface area contributed by atoms with Gasteiger partial charge in [0.25, 0.3) is 5.91 Å². The minimum Gasteiger partial charge on any atom is -0.462 e. The Morgan fingerprint density at radius 1 is 1.18 bits per heavy atom. The fourth-order valence-electron chi connectivity index (χ4n) is 2.88. The number of esters is 1. The van der Waals surface area contributed by atoms with E-state index in [1.165, 1.54) is 10.0 Å². The number of rotatable bonds is 6. The molecule has 0 radical (unpaired) electrons. The molecule has 0 saturated carbocycles. The third-order valence-electron chi connectivity index (χ3n) is 4.73. The number of nitrogens with one attached hydrogen (secondary N) is 1. The summed E-state index contributed by atoms with van der Waals surface area (Å²) >= 11 is 0. The number of carbonyl (C=O) groups is 3. The van der Waals surface area contributed by atoms with Gasteiger partial charge in [-0.25, -0.2) is 19.6 Å². The lowest BCUT2D eigenvalue weighted by Crippen LogP contribution is -2.53. The Labute approximate surface area is 171 Å². The van der Waals surface area contributed by atoms with Crippen molar-refractivity contribution in [2.45, 2.75) is 39.7 Å². The molecule has 0 bridgehead atoms. The maximum Gasteiger partial charge on any atom is 0.340 e. The molecular weight excluding hydrogens is 384 g/mol. The molecule has 2 atom stereocenters. The maximum absolute atomic E-state index is 12.8. The van der Waals surface area contributed by atoms with Gasteiger partial charge in [-0.1, -0.05) is 32.4 Å². The minimum absolute atomic E-state index is 0. The van der Waals surface area contributed by atoms with Crippen LogP contribution >= 0.6 is 12.4 Å². The van der Waals surface area contributed by atoms with Crippen molar-refractivity contribution < 1.29 is 19.1 Å². The van der Waals surface area contributed by atoms with Crippen LogP contribution in [0, 0.1) is 5.92 Å². The summed E-state index contributed by atoms with van der Waals surface area (Å²) < 4.78 is 5.02. The van der Waals surface area contributed by atoms with E-state index < -0.39 is 18.0 Å². The van der Waals surface area contributed by atoms with Crippen molar-refractivity contribution in [3.63, 3.8) is 0 Å². The van der Waals surface area contributed by atoms with Gasteiger partial charge in [0.15, 0.2) is 0 Å². The zero-order chi connectivity index (χ0) is 20.0. The Bertz CT molecular complexity index is 700. The molecule has 2 rings (SSSR count). The molecule has 1 aliphatic heterocycles. The van der Waals surface area contributed by atoms with Crippen LogP contribution in [-0.2, 0) is 9.53 Å². The Balaban J connectivity index is 0.00000392. The lowest BCUT2D eigenvalue weighted by Gasteiger charge is -2.31. The van der Waals surface area contributed by atoms with Gasteiger partial charge in [-0.15, -0.1) is 12.4 Å². The highest BCUT2D eigenvalue weighted by molar-refractivity contribution is 6.01. The summed E-state index contributed by atoms with van der Waals surface area (Å²) in [7, 11) is 0. The molecule has 0 spiro atoms. The summed E-state index contributed by atoms with van der Waals surface area (Å²) in [6.45, 7) is 6.69. The summed E-state index contributed by atoms with van der Waals surface area (Å²) in [6, 6.07) is 5.48. The quantitative estimate of drug-likeness (QED) is 0.699. The molecule has 1 aliphatic rings. The summed E-state index contributed by atoms with van der Waals surface area (Å²) in [5, 5.41) is 5.47. The molecule has 28 heavy (non-hydrogen) atoms. The average molecular weight is 413 g/mol. The Kier molecular flexibility index (Phi) is 9.21. The fraction of sp³-hybridized carbons (Fsp3) is 0.526. The van der Waals surface area contributed by atoms with Gasteiger partial charge in [0, 0.05) is 13.1 Å². The van der Waals surface area contributed by atoms with E-state index in [0.717, 1.165) is 6.42 Å². The van der Waals surface area contributed by atoms with Crippen molar-refractivity contribution in [2.75, 3.05) is 25.0 Å².